The summed E-state index contributed by atoms with van der Waals surface area (Å²) in [6, 6.07) is 51.8. The number of para-hydroxylation sites is 3. The van der Waals surface area contributed by atoms with Crippen molar-refractivity contribution in [1.82, 2.24) is 49.6 Å². The van der Waals surface area contributed by atoms with E-state index >= 15 is 0 Å². The van der Waals surface area contributed by atoms with Gasteiger partial charge < -0.3 is 42.7 Å². The summed E-state index contributed by atoms with van der Waals surface area (Å²) < 4.78 is 18.4. The number of anilines is 9. The third kappa shape index (κ3) is 9.56. The number of aromatic nitrogens is 7. The first-order chi connectivity index (χ1) is 45.3. The van der Waals surface area contributed by atoms with Crippen LogP contribution in [0.2, 0.25) is 20.5 Å². The van der Waals surface area contributed by atoms with E-state index in [9.17, 15) is 0 Å². The van der Waals surface area contributed by atoms with E-state index in [1.165, 1.54) is 0 Å². The lowest BCUT2D eigenvalue weighted by atomic mass is 9.63. The normalized spacial score (nSPS) is 17.5. The summed E-state index contributed by atoms with van der Waals surface area (Å²) in [5.41, 5.74) is 12.9. The number of fused-ring (bicyclic) bond motifs is 12. The first-order valence-corrected chi connectivity index (χ1v) is 31.6. The molecule has 0 saturated carbocycles. The summed E-state index contributed by atoms with van der Waals surface area (Å²) in [6.07, 6.45) is 13.5. The third-order valence-electron chi connectivity index (χ3n) is 18.1. The molecule has 12 aromatic rings. The van der Waals surface area contributed by atoms with Crippen LogP contribution in [0.15, 0.2) is 190 Å². The summed E-state index contributed by atoms with van der Waals surface area (Å²) in [5.74, 6) is 10.3. The Morgan fingerprint density at radius 2 is 0.699 bits per heavy atom. The average Bonchev–Trinajstić information content (AvgIpc) is 1.62. The molecule has 456 valence electrons. The minimum Gasteiger partial charge on any atom is -0.436 e. The van der Waals surface area contributed by atoms with E-state index in [4.69, 9.17) is 28.2 Å². The van der Waals surface area contributed by atoms with Gasteiger partial charge in [-0.1, -0.05) is 93.0 Å². The second-order valence-electron chi connectivity index (χ2n) is 24.2. The fraction of sp³-hybridized carbons (Fsp3) is 0.169. The minimum atomic E-state index is -0.0156. The molecule has 6 aliphatic rings. The van der Waals surface area contributed by atoms with Crippen molar-refractivity contribution >= 4 is 142 Å². The van der Waals surface area contributed by atoms with Crippen molar-refractivity contribution in [3.05, 3.63) is 225 Å². The van der Waals surface area contributed by atoms with Crippen LogP contribution in [0.5, 0.6) is 0 Å². The fourth-order valence-electron chi connectivity index (χ4n) is 13.9. The van der Waals surface area contributed by atoms with Gasteiger partial charge in [-0.15, -0.1) is 0 Å². The third-order valence-corrected chi connectivity index (χ3v) is 18.1. The van der Waals surface area contributed by atoms with Crippen molar-refractivity contribution in [1.29, 1.82) is 0 Å². The standard InChI is InChI=1S/2C24H22BN5O.C23H21BN6O/c1-16-11-12-19-20-14-25(3)28(15-22(20)31-24(19)27-16)30-17(2)29(18-8-5-4-6-9-18)23-21(30)10-7-13-26-23;1-16-11-12-19-20-14-25(3)28(15-22(20)31-24(19)27-16)30-17(2)29(18-8-5-4-6-9-18)21-10-7-13-26-23(21)30;1-15-9-10-18-19-13-24(3)28(14-20(19)31-23(18)27-15)30-16(2)29(17-7-5-4-6-8-17)21-22(30)26-12-11-25-21/h2*4-15,17H,1-3H3;4-14,16H,1-3H3/t2*17-;16-/m000/s1. The molecule has 0 N–H and O–H groups in total. The molecule has 19 nitrogen and oxygen atoms in total. The lowest BCUT2D eigenvalue weighted by molar-refractivity contribution is 0.479. The lowest BCUT2D eigenvalue weighted by Crippen LogP contribution is -2.55. The maximum atomic E-state index is 6.15. The molecule has 0 unspecified atom stereocenters. The Hall–Kier alpha value is -11.3. The van der Waals surface area contributed by atoms with Crippen LogP contribution in [0.1, 0.15) is 37.9 Å². The molecule has 15 heterocycles. The first-order valence-electron chi connectivity index (χ1n) is 31.6. The van der Waals surface area contributed by atoms with Crippen LogP contribution in [0.3, 0.4) is 0 Å². The molecule has 9 aromatic heterocycles. The van der Waals surface area contributed by atoms with E-state index in [2.05, 4.69) is 233 Å². The van der Waals surface area contributed by atoms with Crippen molar-refractivity contribution in [2.75, 3.05) is 29.7 Å². The molecular formula is C71H65B3N16O3. The highest BCUT2D eigenvalue weighted by Gasteiger charge is 2.44. The molecule has 0 saturated heterocycles. The Kier molecular flexibility index (Phi) is 13.8. The molecule has 3 atom stereocenters. The summed E-state index contributed by atoms with van der Waals surface area (Å²) in [5, 5.41) is 13.2. The number of furan rings is 3. The number of hydrogen-bond donors (Lipinski definition) is 0. The zero-order valence-electron chi connectivity index (χ0n) is 53.1. The summed E-state index contributed by atoms with van der Waals surface area (Å²) in [7, 11) is 0. The van der Waals surface area contributed by atoms with Gasteiger partial charge in [0.05, 0.1) is 24.3 Å². The molecule has 0 aliphatic carbocycles. The zero-order valence-corrected chi connectivity index (χ0v) is 53.1. The largest absolute Gasteiger partial charge is 0.436 e. The molecule has 93 heavy (non-hydrogen) atoms. The number of pyridine rings is 5. The molecule has 3 aromatic carbocycles. The number of hydrazine groups is 3. The predicted molar refractivity (Wildman–Crippen MR) is 373 cm³/mol. The summed E-state index contributed by atoms with van der Waals surface area (Å²) in [4.78, 5) is 46.0. The van der Waals surface area contributed by atoms with E-state index in [0.29, 0.717) is 17.1 Å². The monoisotopic (exact) mass is 1220 g/mol. The molecular weight excluding hydrogens is 1160 g/mol. The van der Waals surface area contributed by atoms with Crippen molar-refractivity contribution in [2.45, 2.75) is 80.5 Å². The van der Waals surface area contributed by atoms with Gasteiger partial charge in [-0.3, -0.25) is 15.0 Å². The van der Waals surface area contributed by atoms with Crippen molar-refractivity contribution < 1.29 is 13.3 Å². The molecule has 18 rings (SSSR count). The number of nitrogens with zero attached hydrogens (tertiary/aromatic N) is 16. The molecule has 0 amide bonds. The topological polar surface area (TPSA) is 159 Å². The van der Waals surface area contributed by atoms with Gasteiger partial charge in [0.25, 0.3) is 0 Å². The van der Waals surface area contributed by atoms with Crippen LogP contribution in [-0.4, -0.2) is 88.7 Å². The second kappa shape index (κ2) is 22.6. The van der Waals surface area contributed by atoms with Crippen molar-refractivity contribution in [3.63, 3.8) is 0 Å². The number of rotatable bonds is 6. The zero-order chi connectivity index (χ0) is 63.3. The lowest BCUT2D eigenvalue weighted by Gasteiger charge is -2.40. The van der Waals surface area contributed by atoms with Crippen LogP contribution in [-0.2, 0) is 0 Å². The highest BCUT2D eigenvalue weighted by molar-refractivity contribution is 6.71. The van der Waals surface area contributed by atoms with Gasteiger partial charge in [0.1, 0.15) is 24.2 Å². The summed E-state index contributed by atoms with van der Waals surface area (Å²) in [6.45, 7) is 19.4. The Morgan fingerprint density at radius 1 is 0.344 bits per heavy atom. The van der Waals surface area contributed by atoms with Gasteiger partial charge in [-0.05, 0) is 139 Å². The average molecular weight is 1220 g/mol. The van der Waals surface area contributed by atoms with E-state index in [-0.39, 0.29) is 39.0 Å². The van der Waals surface area contributed by atoms with Gasteiger partial charge in [-0.25, -0.2) is 34.9 Å². The summed E-state index contributed by atoms with van der Waals surface area (Å²) >= 11 is 0. The van der Waals surface area contributed by atoms with Gasteiger partial charge in [0.15, 0.2) is 39.5 Å². The van der Waals surface area contributed by atoms with Gasteiger partial charge in [-0.2, -0.15) is 0 Å². The molecule has 0 spiro atoms. The fourth-order valence-corrected chi connectivity index (χ4v) is 13.9. The first kappa shape index (κ1) is 56.9. The highest BCUT2D eigenvalue weighted by atomic mass is 16.3. The number of aryl methyl sites for hydroxylation is 3. The van der Waals surface area contributed by atoms with Crippen molar-refractivity contribution in [3.8, 4) is 0 Å². The predicted octanol–water partition coefficient (Wildman–Crippen LogP) is 9.73. The van der Waals surface area contributed by atoms with Crippen molar-refractivity contribution in [2.24, 2.45) is 0 Å². The van der Waals surface area contributed by atoms with Gasteiger partial charge >= 0.3 is 20.5 Å². The maximum Gasteiger partial charge on any atom is 0.304 e. The molecule has 6 aliphatic heterocycles. The Bertz CT molecular complexity index is 4770. The number of benzene rings is 3. The van der Waals surface area contributed by atoms with E-state index in [1.54, 1.807) is 12.4 Å². The van der Waals surface area contributed by atoms with Crippen LogP contribution >= 0.6 is 0 Å². The molecule has 0 bridgehead atoms. The maximum absolute atomic E-state index is 6.15. The van der Waals surface area contributed by atoms with E-state index in [0.717, 1.165) is 117 Å². The minimum absolute atomic E-state index is 0.0156. The van der Waals surface area contributed by atoms with Gasteiger partial charge in [0, 0.05) is 90.7 Å². The van der Waals surface area contributed by atoms with Crippen LogP contribution < -0.4 is 61.6 Å². The van der Waals surface area contributed by atoms with Gasteiger partial charge in [0.2, 0.25) is 17.1 Å². The van der Waals surface area contributed by atoms with Crippen LogP contribution in [0, 0.1) is 20.8 Å². The molecule has 22 heteroatoms. The smallest absolute Gasteiger partial charge is 0.304 e. The molecule has 0 fully saturated rings. The second-order valence-corrected chi connectivity index (χ2v) is 24.2. The van der Waals surface area contributed by atoms with E-state index in [1.807, 2.05) is 93.8 Å². The molecule has 0 radical (unpaired) electrons. The quantitative estimate of drug-likeness (QED) is 0.145. The Balaban J connectivity index is 0.000000111. The van der Waals surface area contributed by atoms with Crippen LogP contribution in [0.4, 0.5) is 51.7 Å². The Morgan fingerprint density at radius 3 is 1.16 bits per heavy atom. The van der Waals surface area contributed by atoms with E-state index < -0.39 is 0 Å². The number of hydrogen-bond acceptors (Lipinski definition) is 19. The Labute approximate surface area is 538 Å². The van der Waals surface area contributed by atoms with Crippen LogP contribution in [0.25, 0.3) is 69.8 Å². The highest BCUT2D eigenvalue weighted by Crippen LogP contribution is 2.46. The SMILES string of the molecule is CB1C=c2c(oc3nc(C)ccc23)=CN1N1c2cccnc2N(c2ccccc2)[C@@H]1C.CB1C=c2c(oc3nc(C)ccc23)=CN1N1c2ncccc2N(c2ccccc2)[C@@H]1C.CB1C=c2c(oc3nc(C)ccc23)=CN1N1c2nccnc2N(c2ccccc2)[C@@H]1C.